The Balaban J connectivity index is 1.94. The number of nitrogens with zero attached hydrogens (tertiary/aromatic N) is 2. The molecular weight excluding hydrogens is 324 g/mol. The van der Waals surface area contributed by atoms with Gasteiger partial charge in [0.25, 0.3) is 11.6 Å². The van der Waals surface area contributed by atoms with Gasteiger partial charge in [-0.1, -0.05) is 30.3 Å². The molecule has 124 valence electrons. The molecule has 2 aromatic rings. The van der Waals surface area contributed by atoms with Crippen molar-refractivity contribution in [2.24, 2.45) is 0 Å². The fraction of sp³-hybridized carbons (Fsp3) is 0.278. The van der Waals surface area contributed by atoms with E-state index in [-0.39, 0.29) is 23.2 Å². The fourth-order valence-corrected chi connectivity index (χ4v) is 3.10. The lowest BCUT2D eigenvalue weighted by Gasteiger charge is -2.23. The second-order valence-corrected chi connectivity index (χ2v) is 6.67. The first kappa shape index (κ1) is 16.5. The van der Waals surface area contributed by atoms with Gasteiger partial charge in [-0.15, -0.1) is 11.8 Å². The van der Waals surface area contributed by atoms with E-state index in [9.17, 15) is 14.9 Å². The summed E-state index contributed by atoms with van der Waals surface area (Å²) < 4.78 is 0. The average molecular weight is 342 g/mol. The third-order valence-electron chi connectivity index (χ3n) is 4.08. The molecule has 1 fully saturated rings. The third kappa shape index (κ3) is 3.59. The lowest BCUT2D eigenvalue weighted by Crippen LogP contribution is -2.33. The number of hydrogen-bond donors (Lipinski definition) is 0. The van der Waals surface area contributed by atoms with E-state index in [4.69, 9.17) is 0 Å². The van der Waals surface area contributed by atoms with Gasteiger partial charge in [0.15, 0.2) is 0 Å². The molecule has 6 heteroatoms. The monoisotopic (exact) mass is 342 g/mol. The molecule has 0 atom stereocenters. The van der Waals surface area contributed by atoms with Gasteiger partial charge in [-0.25, -0.2) is 0 Å². The normalized spacial score (nSPS) is 13.5. The largest absolute Gasteiger partial charge is 0.331 e. The molecule has 0 N–H and O–H groups in total. The molecule has 0 radical (unpaired) electrons. The molecule has 0 aromatic heterocycles. The van der Waals surface area contributed by atoms with Crippen molar-refractivity contribution < 1.29 is 9.72 Å². The maximum absolute atomic E-state index is 13.0. The molecule has 0 unspecified atom stereocenters. The summed E-state index contributed by atoms with van der Waals surface area (Å²) in [6.07, 6.45) is 3.79. The number of rotatable bonds is 6. The molecule has 0 saturated heterocycles. The zero-order valence-electron chi connectivity index (χ0n) is 13.3. The smallest absolute Gasteiger partial charge is 0.282 e. The Bertz CT molecular complexity index is 760. The van der Waals surface area contributed by atoms with Crippen LogP contribution in [0.1, 0.15) is 28.8 Å². The van der Waals surface area contributed by atoms with Gasteiger partial charge in [0, 0.05) is 23.5 Å². The molecule has 2 aromatic carbocycles. The van der Waals surface area contributed by atoms with E-state index in [1.807, 2.05) is 36.6 Å². The highest BCUT2D eigenvalue weighted by Crippen LogP contribution is 2.33. The lowest BCUT2D eigenvalue weighted by molar-refractivity contribution is -0.385. The zero-order valence-corrected chi connectivity index (χ0v) is 14.2. The zero-order chi connectivity index (χ0) is 17.1. The number of nitro groups is 1. The van der Waals surface area contributed by atoms with E-state index in [0.717, 1.165) is 23.3 Å². The van der Waals surface area contributed by atoms with Crippen molar-refractivity contribution in [1.82, 2.24) is 4.90 Å². The Morgan fingerprint density at radius 3 is 2.54 bits per heavy atom. The lowest BCUT2D eigenvalue weighted by atomic mass is 10.1. The van der Waals surface area contributed by atoms with E-state index in [1.54, 1.807) is 17.0 Å². The van der Waals surface area contributed by atoms with Gasteiger partial charge in [0.1, 0.15) is 5.56 Å². The van der Waals surface area contributed by atoms with Gasteiger partial charge in [0.05, 0.1) is 4.92 Å². The number of benzene rings is 2. The highest BCUT2D eigenvalue weighted by molar-refractivity contribution is 7.98. The van der Waals surface area contributed by atoms with Gasteiger partial charge in [-0.2, -0.15) is 0 Å². The van der Waals surface area contributed by atoms with Crippen molar-refractivity contribution in [3.63, 3.8) is 0 Å². The van der Waals surface area contributed by atoms with Gasteiger partial charge in [0.2, 0.25) is 0 Å². The Labute approximate surface area is 144 Å². The Morgan fingerprint density at radius 2 is 1.96 bits per heavy atom. The highest BCUT2D eigenvalue weighted by atomic mass is 32.2. The molecule has 1 saturated carbocycles. The number of amides is 1. The van der Waals surface area contributed by atoms with E-state index in [0.29, 0.717) is 6.54 Å². The SMILES string of the molecule is CSc1ccc([N+](=O)[O-])c(C(=O)N(Cc2ccccc2)C2CC2)c1. The minimum atomic E-state index is -0.481. The number of nitro benzene ring substituents is 1. The molecule has 1 amide bonds. The average Bonchev–Trinajstić information content (AvgIpc) is 3.44. The van der Waals surface area contributed by atoms with E-state index in [2.05, 4.69) is 0 Å². The van der Waals surface area contributed by atoms with Gasteiger partial charge >= 0.3 is 0 Å². The summed E-state index contributed by atoms with van der Waals surface area (Å²) in [6.45, 7) is 0.477. The van der Waals surface area contributed by atoms with Crippen LogP contribution in [0.2, 0.25) is 0 Å². The van der Waals surface area contributed by atoms with E-state index >= 15 is 0 Å². The van der Waals surface area contributed by atoms with Crippen LogP contribution in [-0.2, 0) is 6.54 Å². The molecule has 5 nitrogen and oxygen atoms in total. The maximum Gasteiger partial charge on any atom is 0.282 e. The van der Waals surface area contributed by atoms with Crippen molar-refractivity contribution in [1.29, 1.82) is 0 Å². The Morgan fingerprint density at radius 1 is 1.25 bits per heavy atom. The fourth-order valence-electron chi connectivity index (χ4n) is 2.66. The summed E-state index contributed by atoms with van der Waals surface area (Å²) in [5, 5.41) is 11.3. The molecule has 1 aliphatic carbocycles. The highest BCUT2D eigenvalue weighted by Gasteiger charge is 2.35. The molecule has 0 aliphatic heterocycles. The first-order valence-corrected chi connectivity index (χ1v) is 9.00. The summed E-state index contributed by atoms with van der Waals surface area (Å²) in [4.78, 5) is 26.5. The van der Waals surface area contributed by atoms with E-state index < -0.39 is 4.92 Å². The minimum Gasteiger partial charge on any atom is -0.331 e. The van der Waals surface area contributed by atoms with Crippen LogP contribution < -0.4 is 0 Å². The van der Waals surface area contributed by atoms with Crippen LogP contribution in [0, 0.1) is 10.1 Å². The second-order valence-electron chi connectivity index (χ2n) is 5.79. The van der Waals surface area contributed by atoms with Crippen LogP contribution in [0.25, 0.3) is 0 Å². The quantitative estimate of drug-likeness (QED) is 0.450. The first-order valence-electron chi connectivity index (χ1n) is 7.77. The van der Waals surface area contributed by atoms with Gasteiger partial charge in [-0.3, -0.25) is 14.9 Å². The Kier molecular flexibility index (Phi) is 4.85. The Hall–Kier alpha value is -2.34. The minimum absolute atomic E-state index is 0.128. The van der Waals surface area contributed by atoms with Crippen LogP contribution >= 0.6 is 11.8 Å². The molecular formula is C18H18N2O3S. The van der Waals surface area contributed by atoms with Crippen LogP contribution in [0.3, 0.4) is 0 Å². The summed E-state index contributed by atoms with van der Waals surface area (Å²) in [5.41, 5.74) is 1.08. The molecule has 0 heterocycles. The van der Waals surface area contributed by atoms with E-state index in [1.165, 1.54) is 17.8 Å². The van der Waals surface area contributed by atoms with Crippen LogP contribution in [0.4, 0.5) is 5.69 Å². The number of carbonyl (C=O) groups excluding carboxylic acids is 1. The standard InChI is InChI=1S/C18H18N2O3S/c1-24-15-9-10-17(20(22)23)16(11-15)18(21)19(14-7-8-14)12-13-5-3-2-4-6-13/h2-6,9-11,14H,7-8,12H2,1H3. The number of carbonyl (C=O) groups is 1. The second kappa shape index (κ2) is 7.05. The van der Waals surface area contributed by atoms with Crippen molar-refractivity contribution in [2.75, 3.05) is 6.26 Å². The summed E-state index contributed by atoms with van der Waals surface area (Å²) in [5.74, 6) is -0.260. The summed E-state index contributed by atoms with van der Waals surface area (Å²) in [6, 6.07) is 14.6. The predicted molar refractivity (Wildman–Crippen MR) is 94.2 cm³/mol. The predicted octanol–water partition coefficient (Wildman–Crippen LogP) is 4.12. The van der Waals surface area contributed by atoms with Gasteiger partial charge < -0.3 is 4.90 Å². The number of thioether (sulfide) groups is 1. The molecule has 3 rings (SSSR count). The maximum atomic E-state index is 13.0. The van der Waals surface area contributed by atoms with Crippen LogP contribution in [0.15, 0.2) is 53.4 Å². The van der Waals surface area contributed by atoms with Gasteiger partial charge in [-0.05, 0) is 36.8 Å². The molecule has 0 bridgehead atoms. The van der Waals surface area contributed by atoms with Crippen LogP contribution in [0.5, 0.6) is 0 Å². The van der Waals surface area contributed by atoms with Crippen molar-refractivity contribution in [3.05, 3.63) is 69.8 Å². The topological polar surface area (TPSA) is 63.5 Å². The molecule has 0 spiro atoms. The van der Waals surface area contributed by atoms with Crippen molar-refractivity contribution in [2.45, 2.75) is 30.3 Å². The van der Waals surface area contributed by atoms with Crippen molar-refractivity contribution in [3.8, 4) is 0 Å². The third-order valence-corrected chi connectivity index (χ3v) is 4.80. The van der Waals surface area contributed by atoms with Crippen molar-refractivity contribution >= 4 is 23.4 Å². The number of hydrogen-bond acceptors (Lipinski definition) is 4. The first-order chi connectivity index (χ1) is 11.6. The van der Waals surface area contributed by atoms with Crippen LogP contribution in [-0.4, -0.2) is 28.0 Å². The molecule has 24 heavy (non-hydrogen) atoms. The molecule has 1 aliphatic rings. The summed E-state index contributed by atoms with van der Waals surface area (Å²) in [7, 11) is 0. The summed E-state index contributed by atoms with van der Waals surface area (Å²) >= 11 is 1.47.